The molecular formula is C36H40N6O4. The molecule has 2 amide bonds. The van der Waals surface area contributed by atoms with Crippen LogP contribution in [0.2, 0.25) is 0 Å². The highest BCUT2D eigenvalue weighted by Crippen LogP contribution is 2.34. The van der Waals surface area contributed by atoms with Gasteiger partial charge in [-0.3, -0.25) is 9.59 Å². The first-order chi connectivity index (χ1) is 21.5. The molecule has 10 heteroatoms. The molecule has 0 aliphatic heterocycles. The second-order valence-electron chi connectivity index (χ2n) is 13.2. The summed E-state index contributed by atoms with van der Waals surface area (Å²) < 4.78 is 12.4. The number of nitrogen functional groups attached to an aromatic ring is 2. The van der Waals surface area contributed by atoms with Crippen LogP contribution in [-0.2, 0) is 0 Å². The normalized spacial score (nSPS) is 11.8. The molecule has 10 nitrogen and oxygen atoms in total. The van der Waals surface area contributed by atoms with Crippen molar-refractivity contribution in [2.45, 2.75) is 52.7 Å². The molecule has 0 spiro atoms. The SMILES string of the molecule is CN(C(=O)c1cc(OC(C)(C)C)c2cccc(N)c2n1)c1ccc(N(C)C(=O)c2cc(OC(C)(C)C)c3cccc(N)c3n2)cc1. The second kappa shape index (κ2) is 11.8. The average molecular weight is 621 g/mol. The third-order valence-corrected chi connectivity index (χ3v) is 7.17. The first-order valence-electron chi connectivity index (χ1n) is 14.9. The van der Waals surface area contributed by atoms with Crippen molar-refractivity contribution < 1.29 is 19.1 Å². The summed E-state index contributed by atoms with van der Waals surface area (Å²) in [4.78, 5) is 39.5. The Hall–Kier alpha value is -5.38. The Morgan fingerprint density at radius 2 is 0.957 bits per heavy atom. The summed E-state index contributed by atoms with van der Waals surface area (Å²) in [5.41, 5.74) is 15.0. The summed E-state index contributed by atoms with van der Waals surface area (Å²) in [5.74, 6) is 0.366. The van der Waals surface area contributed by atoms with Crippen molar-refractivity contribution in [2.75, 3.05) is 35.4 Å². The van der Waals surface area contributed by atoms with Crippen LogP contribution in [0.25, 0.3) is 21.8 Å². The summed E-state index contributed by atoms with van der Waals surface area (Å²) in [6.07, 6.45) is 0. The zero-order chi connectivity index (χ0) is 33.6. The van der Waals surface area contributed by atoms with Crippen molar-refractivity contribution in [3.8, 4) is 11.5 Å². The molecule has 0 saturated heterocycles. The molecule has 2 aromatic heterocycles. The van der Waals surface area contributed by atoms with Crippen molar-refractivity contribution >= 4 is 56.4 Å². The molecule has 0 unspecified atom stereocenters. The number of benzene rings is 3. The highest BCUT2D eigenvalue weighted by Gasteiger charge is 2.24. The molecule has 238 valence electrons. The van der Waals surface area contributed by atoms with Crippen LogP contribution >= 0.6 is 0 Å². The van der Waals surface area contributed by atoms with Gasteiger partial charge in [-0.2, -0.15) is 0 Å². The highest BCUT2D eigenvalue weighted by atomic mass is 16.5. The molecule has 0 aliphatic carbocycles. The lowest BCUT2D eigenvalue weighted by Gasteiger charge is -2.24. The van der Waals surface area contributed by atoms with E-state index in [-0.39, 0.29) is 23.2 Å². The van der Waals surface area contributed by atoms with Crippen LogP contribution in [0.1, 0.15) is 62.5 Å². The van der Waals surface area contributed by atoms with E-state index in [0.29, 0.717) is 45.3 Å². The fourth-order valence-corrected chi connectivity index (χ4v) is 5.01. The van der Waals surface area contributed by atoms with Crippen LogP contribution in [0.4, 0.5) is 22.7 Å². The number of amides is 2. The largest absolute Gasteiger partial charge is 0.487 e. The van der Waals surface area contributed by atoms with E-state index >= 15 is 0 Å². The molecule has 5 aromatic rings. The Bertz CT molecular complexity index is 1820. The molecule has 0 bridgehead atoms. The monoisotopic (exact) mass is 620 g/mol. The zero-order valence-corrected chi connectivity index (χ0v) is 27.5. The van der Waals surface area contributed by atoms with Gasteiger partial charge in [0.1, 0.15) is 34.1 Å². The Kier molecular flexibility index (Phi) is 8.25. The first kappa shape index (κ1) is 32.0. The van der Waals surface area contributed by atoms with Crippen molar-refractivity contribution in [1.29, 1.82) is 0 Å². The lowest BCUT2D eigenvalue weighted by molar-refractivity contribution is 0.0978. The molecule has 2 heterocycles. The standard InChI is InChI=1S/C36H40N6O4/c1-35(2,3)45-29-19-27(39-31-23(29)11-9-13-25(31)37)33(43)41(7)21-15-17-22(18-16-21)42(8)34(44)28-20-30(46-36(4,5)6)24-12-10-14-26(38)32(24)40-28/h9-20H,37-38H2,1-8H3. The van der Waals surface area contributed by atoms with Crippen molar-refractivity contribution in [3.63, 3.8) is 0 Å². The van der Waals surface area contributed by atoms with E-state index in [9.17, 15) is 9.59 Å². The van der Waals surface area contributed by atoms with E-state index in [0.717, 1.165) is 10.8 Å². The average Bonchev–Trinajstić information content (AvgIpc) is 2.99. The Morgan fingerprint density at radius 3 is 1.28 bits per heavy atom. The number of fused-ring (bicyclic) bond motifs is 2. The third-order valence-electron chi connectivity index (χ3n) is 7.17. The van der Waals surface area contributed by atoms with Crippen molar-refractivity contribution in [3.05, 3.63) is 84.2 Å². The van der Waals surface area contributed by atoms with Gasteiger partial charge in [-0.1, -0.05) is 12.1 Å². The van der Waals surface area contributed by atoms with Crippen LogP contribution in [0, 0.1) is 0 Å². The summed E-state index contributed by atoms with van der Waals surface area (Å²) in [7, 11) is 3.33. The number of rotatable bonds is 6. The number of hydrogen-bond donors (Lipinski definition) is 2. The van der Waals surface area contributed by atoms with Crippen molar-refractivity contribution in [1.82, 2.24) is 9.97 Å². The molecule has 0 fully saturated rings. The molecule has 5 rings (SSSR count). The number of anilines is 4. The highest BCUT2D eigenvalue weighted by molar-refractivity contribution is 6.09. The number of carbonyl (C=O) groups excluding carboxylic acids is 2. The van der Waals surface area contributed by atoms with E-state index in [4.69, 9.17) is 20.9 Å². The van der Waals surface area contributed by atoms with Gasteiger partial charge in [0, 0.05) is 48.4 Å². The fourth-order valence-electron chi connectivity index (χ4n) is 5.01. The van der Waals surface area contributed by atoms with E-state index in [1.807, 2.05) is 65.8 Å². The Morgan fingerprint density at radius 1 is 0.609 bits per heavy atom. The minimum atomic E-state index is -0.499. The van der Waals surface area contributed by atoms with Gasteiger partial charge in [0.15, 0.2) is 0 Å². The number of pyridine rings is 2. The summed E-state index contributed by atoms with van der Waals surface area (Å²) in [5, 5.41) is 1.46. The molecule has 0 aliphatic rings. The maximum Gasteiger partial charge on any atom is 0.276 e. The lowest BCUT2D eigenvalue weighted by Crippen LogP contribution is -2.29. The number of ether oxygens (including phenoxy) is 2. The maximum atomic E-state index is 13.7. The fraction of sp³-hybridized carbons (Fsp3) is 0.278. The van der Waals surface area contributed by atoms with Crippen LogP contribution in [0.3, 0.4) is 0 Å². The minimum absolute atomic E-state index is 0.193. The van der Waals surface area contributed by atoms with Gasteiger partial charge >= 0.3 is 0 Å². The number of hydrogen-bond acceptors (Lipinski definition) is 8. The summed E-state index contributed by atoms with van der Waals surface area (Å²) >= 11 is 0. The van der Waals surface area contributed by atoms with E-state index in [1.54, 1.807) is 62.6 Å². The molecule has 3 aromatic carbocycles. The number of carbonyl (C=O) groups is 2. The molecule has 46 heavy (non-hydrogen) atoms. The molecule has 4 N–H and O–H groups in total. The number of nitrogens with two attached hydrogens (primary N) is 2. The summed E-state index contributed by atoms with van der Waals surface area (Å²) in [6.45, 7) is 11.6. The van der Waals surface area contributed by atoms with Crippen LogP contribution in [-0.4, -0.2) is 47.1 Å². The number of para-hydroxylation sites is 2. The third kappa shape index (κ3) is 6.66. The van der Waals surface area contributed by atoms with Gasteiger partial charge in [0.25, 0.3) is 11.8 Å². The zero-order valence-electron chi connectivity index (χ0n) is 27.5. The van der Waals surface area contributed by atoms with Crippen LogP contribution < -0.4 is 30.7 Å². The van der Waals surface area contributed by atoms with Gasteiger partial charge < -0.3 is 30.7 Å². The predicted octanol–water partition coefficient (Wildman–Crippen LogP) is 6.86. The smallest absolute Gasteiger partial charge is 0.276 e. The quantitative estimate of drug-likeness (QED) is 0.197. The van der Waals surface area contributed by atoms with E-state index in [1.165, 1.54) is 9.80 Å². The molecular weight excluding hydrogens is 580 g/mol. The van der Waals surface area contributed by atoms with Gasteiger partial charge in [-0.05, 0) is 90.1 Å². The van der Waals surface area contributed by atoms with Gasteiger partial charge in [-0.25, -0.2) is 9.97 Å². The first-order valence-corrected chi connectivity index (χ1v) is 14.9. The van der Waals surface area contributed by atoms with Gasteiger partial charge in [0.05, 0.1) is 22.4 Å². The van der Waals surface area contributed by atoms with E-state index in [2.05, 4.69) is 9.97 Å². The molecule has 0 radical (unpaired) electrons. The topological polar surface area (TPSA) is 137 Å². The number of aromatic nitrogens is 2. The van der Waals surface area contributed by atoms with Crippen molar-refractivity contribution in [2.24, 2.45) is 0 Å². The summed E-state index contributed by atoms with van der Waals surface area (Å²) in [6, 6.07) is 21.2. The lowest BCUT2D eigenvalue weighted by atomic mass is 10.1. The maximum absolute atomic E-state index is 13.7. The molecule has 0 saturated carbocycles. The van der Waals surface area contributed by atoms with Crippen LogP contribution in [0.15, 0.2) is 72.8 Å². The predicted molar refractivity (Wildman–Crippen MR) is 185 cm³/mol. The van der Waals surface area contributed by atoms with Gasteiger partial charge in [0.2, 0.25) is 0 Å². The Balaban J connectivity index is 1.42. The minimum Gasteiger partial charge on any atom is -0.487 e. The molecule has 0 atom stereocenters. The number of nitrogens with zero attached hydrogens (tertiary/aromatic N) is 4. The van der Waals surface area contributed by atoms with Crippen LogP contribution in [0.5, 0.6) is 11.5 Å². The Labute approximate surface area is 268 Å². The van der Waals surface area contributed by atoms with Gasteiger partial charge in [-0.15, -0.1) is 0 Å². The van der Waals surface area contributed by atoms with E-state index < -0.39 is 11.2 Å². The second-order valence-corrected chi connectivity index (χ2v) is 13.2.